The number of pyridine rings is 2. The predicted octanol–water partition coefficient (Wildman–Crippen LogP) is 3.40. The second-order valence-corrected chi connectivity index (χ2v) is 6.56. The first-order valence-corrected chi connectivity index (χ1v) is 8.62. The lowest BCUT2D eigenvalue weighted by atomic mass is 10.2. The first kappa shape index (κ1) is 16.0. The number of fused-ring (bicyclic) bond motifs is 1. The molecule has 0 bridgehead atoms. The number of rotatable bonds is 3. The highest BCUT2D eigenvalue weighted by molar-refractivity contribution is 5.78. The van der Waals surface area contributed by atoms with Crippen LogP contribution >= 0.6 is 0 Å². The largest absolute Gasteiger partial charge is 0.369 e. The maximum Gasteiger partial charge on any atom is 0.123 e. The van der Waals surface area contributed by atoms with Crippen molar-refractivity contribution in [3.8, 4) is 0 Å². The smallest absolute Gasteiger partial charge is 0.123 e. The number of hydrogen-bond acceptors (Lipinski definition) is 4. The molecule has 1 aliphatic rings. The van der Waals surface area contributed by atoms with E-state index in [1.807, 2.05) is 24.5 Å². The minimum atomic E-state index is -0.218. The fourth-order valence-corrected chi connectivity index (χ4v) is 3.42. The summed E-state index contributed by atoms with van der Waals surface area (Å²) < 4.78 is 13.3. The van der Waals surface area contributed by atoms with Gasteiger partial charge in [-0.2, -0.15) is 0 Å². The van der Waals surface area contributed by atoms with Crippen molar-refractivity contribution in [2.75, 3.05) is 31.1 Å². The minimum Gasteiger partial charge on any atom is -0.369 e. The molecule has 1 fully saturated rings. The molecule has 4 rings (SSSR count). The van der Waals surface area contributed by atoms with Crippen molar-refractivity contribution in [1.29, 1.82) is 0 Å². The average Bonchev–Trinajstić information content (AvgIpc) is 2.63. The Labute approximate surface area is 146 Å². The highest BCUT2D eigenvalue weighted by Crippen LogP contribution is 2.21. The van der Waals surface area contributed by atoms with Gasteiger partial charge in [-0.05, 0) is 42.8 Å². The molecule has 5 heteroatoms. The Morgan fingerprint density at radius 3 is 2.68 bits per heavy atom. The van der Waals surface area contributed by atoms with E-state index in [0.717, 1.165) is 49.3 Å². The molecule has 3 aromatic rings. The predicted molar refractivity (Wildman–Crippen MR) is 98.2 cm³/mol. The van der Waals surface area contributed by atoms with Crippen molar-refractivity contribution in [1.82, 2.24) is 14.9 Å². The molecule has 4 nitrogen and oxygen atoms in total. The topological polar surface area (TPSA) is 32.3 Å². The number of hydrogen-bond donors (Lipinski definition) is 0. The quantitative estimate of drug-likeness (QED) is 0.734. The van der Waals surface area contributed by atoms with E-state index < -0.39 is 0 Å². The van der Waals surface area contributed by atoms with E-state index in [1.165, 1.54) is 23.4 Å². The number of aromatic nitrogens is 2. The molecule has 0 radical (unpaired) electrons. The molecular weight excluding hydrogens is 315 g/mol. The van der Waals surface area contributed by atoms with Crippen molar-refractivity contribution in [2.45, 2.75) is 13.5 Å². The zero-order valence-electron chi connectivity index (χ0n) is 14.3. The van der Waals surface area contributed by atoms with Gasteiger partial charge in [0.1, 0.15) is 5.82 Å². The highest BCUT2D eigenvalue weighted by Gasteiger charge is 2.18. The van der Waals surface area contributed by atoms with Crippen LogP contribution in [0, 0.1) is 12.7 Å². The third-order valence-corrected chi connectivity index (χ3v) is 4.80. The van der Waals surface area contributed by atoms with Gasteiger partial charge in [-0.15, -0.1) is 0 Å². The summed E-state index contributed by atoms with van der Waals surface area (Å²) in [5, 5.41) is 0.849. The highest BCUT2D eigenvalue weighted by atomic mass is 19.1. The Balaban J connectivity index is 1.42. The maximum absolute atomic E-state index is 13.3. The van der Waals surface area contributed by atoms with Crippen molar-refractivity contribution in [3.05, 3.63) is 65.9 Å². The number of benzene rings is 1. The lowest BCUT2D eigenvalue weighted by molar-refractivity contribution is 0.247. The number of piperazine rings is 1. The molecule has 0 amide bonds. The molecule has 0 aliphatic carbocycles. The summed E-state index contributed by atoms with van der Waals surface area (Å²) in [5.41, 5.74) is 4.39. The summed E-state index contributed by atoms with van der Waals surface area (Å²) in [7, 11) is 0. The Morgan fingerprint density at radius 2 is 1.88 bits per heavy atom. The fourth-order valence-electron chi connectivity index (χ4n) is 3.42. The van der Waals surface area contributed by atoms with Gasteiger partial charge < -0.3 is 4.90 Å². The van der Waals surface area contributed by atoms with Gasteiger partial charge >= 0.3 is 0 Å². The van der Waals surface area contributed by atoms with Gasteiger partial charge in [0, 0.05) is 56.2 Å². The van der Waals surface area contributed by atoms with Crippen molar-refractivity contribution in [3.63, 3.8) is 0 Å². The number of nitrogens with zero attached hydrogens (tertiary/aromatic N) is 4. The van der Waals surface area contributed by atoms with Crippen LogP contribution in [0.3, 0.4) is 0 Å². The van der Waals surface area contributed by atoms with Crippen molar-refractivity contribution >= 4 is 16.6 Å². The van der Waals surface area contributed by atoms with E-state index in [4.69, 9.17) is 0 Å². The molecule has 0 atom stereocenters. The van der Waals surface area contributed by atoms with Gasteiger partial charge in [-0.3, -0.25) is 14.9 Å². The normalized spacial score (nSPS) is 15.7. The Bertz CT molecular complexity index is 888. The summed E-state index contributed by atoms with van der Waals surface area (Å²) >= 11 is 0. The lowest BCUT2D eigenvalue weighted by Gasteiger charge is -2.36. The molecular formula is C20H21FN4. The van der Waals surface area contributed by atoms with E-state index in [1.54, 1.807) is 6.07 Å². The van der Waals surface area contributed by atoms with Crippen molar-refractivity contribution in [2.24, 2.45) is 0 Å². The van der Waals surface area contributed by atoms with Crippen LogP contribution in [0.5, 0.6) is 0 Å². The summed E-state index contributed by atoms with van der Waals surface area (Å²) in [6.07, 6.45) is 3.78. The Morgan fingerprint density at radius 1 is 1.04 bits per heavy atom. The fraction of sp³-hybridized carbons (Fsp3) is 0.300. The monoisotopic (exact) mass is 336 g/mol. The minimum absolute atomic E-state index is 0.218. The van der Waals surface area contributed by atoms with Gasteiger partial charge in [0.25, 0.3) is 0 Å². The number of aryl methyl sites for hydroxylation is 1. The van der Waals surface area contributed by atoms with Gasteiger partial charge in [0.05, 0.1) is 11.2 Å². The zero-order chi connectivity index (χ0) is 17.2. The molecule has 1 saturated heterocycles. The van der Waals surface area contributed by atoms with Gasteiger partial charge in [-0.1, -0.05) is 6.07 Å². The molecule has 0 spiro atoms. The zero-order valence-corrected chi connectivity index (χ0v) is 14.3. The van der Waals surface area contributed by atoms with Crippen LogP contribution in [-0.2, 0) is 6.54 Å². The molecule has 1 aliphatic heterocycles. The van der Waals surface area contributed by atoms with E-state index >= 15 is 0 Å². The van der Waals surface area contributed by atoms with Crippen LogP contribution in [0.15, 0.2) is 48.8 Å². The molecule has 0 N–H and O–H groups in total. The van der Waals surface area contributed by atoms with Gasteiger partial charge in [0.2, 0.25) is 0 Å². The van der Waals surface area contributed by atoms with Crippen molar-refractivity contribution < 1.29 is 4.39 Å². The Hall–Kier alpha value is -2.53. The number of anilines is 1. The molecule has 128 valence electrons. The number of halogens is 1. The molecule has 2 aromatic heterocycles. The summed E-state index contributed by atoms with van der Waals surface area (Å²) in [6, 6.07) is 10.8. The standard InChI is InChI=1S/C20H21FN4/c1-15-13-22-7-6-20(15)25-10-8-24(9-11-25)14-18-4-2-16-12-17(21)3-5-19(16)23-18/h2-7,12-13H,8-11,14H2,1H3. The molecule has 1 aromatic carbocycles. The molecule has 25 heavy (non-hydrogen) atoms. The molecule has 3 heterocycles. The summed E-state index contributed by atoms with van der Waals surface area (Å²) in [4.78, 5) is 13.7. The average molecular weight is 336 g/mol. The summed E-state index contributed by atoms with van der Waals surface area (Å²) in [5.74, 6) is -0.218. The summed E-state index contributed by atoms with van der Waals surface area (Å²) in [6.45, 7) is 6.95. The van der Waals surface area contributed by atoms with E-state index in [2.05, 4.69) is 32.8 Å². The third kappa shape index (κ3) is 3.46. The molecule has 0 saturated carbocycles. The van der Waals surface area contributed by atoms with E-state index in [0.29, 0.717) is 0 Å². The first-order chi connectivity index (χ1) is 12.2. The second kappa shape index (κ2) is 6.76. The van der Waals surface area contributed by atoms with Crippen LogP contribution in [0.1, 0.15) is 11.3 Å². The van der Waals surface area contributed by atoms with Crippen LogP contribution in [0.2, 0.25) is 0 Å². The van der Waals surface area contributed by atoms with Crippen LogP contribution in [0.25, 0.3) is 10.9 Å². The van der Waals surface area contributed by atoms with Crippen LogP contribution in [0.4, 0.5) is 10.1 Å². The Kier molecular flexibility index (Phi) is 4.32. The maximum atomic E-state index is 13.3. The van der Waals surface area contributed by atoms with Crippen LogP contribution in [-0.4, -0.2) is 41.0 Å². The SMILES string of the molecule is Cc1cnccc1N1CCN(Cc2ccc3cc(F)ccc3n2)CC1. The second-order valence-electron chi connectivity index (χ2n) is 6.56. The first-order valence-electron chi connectivity index (χ1n) is 8.62. The third-order valence-electron chi connectivity index (χ3n) is 4.80. The van der Waals surface area contributed by atoms with E-state index in [9.17, 15) is 4.39 Å². The lowest BCUT2D eigenvalue weighted by Crippen LogP contribution is -2.46. The molecule has 0 unspecified atom stereocenters. The van der Waals surface area contributed by atoms with Gasteiger partial charge in [0.15, 0.2) is 0 Å². The van der Waals surface area contributed by atoms with Crippen LogP contribution < -0.4 is 4.90 Å². The van der Waals surface area contributed by atoms with E-state index in [-0.39, 0.29) is 5.82 Å². The van der Waals surface area contributed by atoms with Gasteiger partial charge in [-0.25, -0.2) is 4.39 Å².